The number of fused-ring (bicyclic) bond motifs is 2. The van der Waals surface area contributed by atoms with E-state index in [1.807, 2.05) is 55.5 Å². The van der Waals surface area contributed by atoms with Gasteiger partial charge in [0.1, 0.15) is 12.2 Å². The van der Waals surface area contributed by atoms with Gasteiger partial charge < -0.3 is 24.6 Å². The normalized spacial score (nSPS) is 21.1. The van der Waals surface area contributed by atoms with Crippen LogP contribution in [0.4, 0.5) is 4.79 Å². The largest absolute Gasteiger partial charge is 0.454 e. The Kier molecular flexibility index (Phi) is 7.69. The molecule has 38 heavy (non-hydrogen) atoms. The van der Waals surface area contributed by atoms with E-state index in [4.69, 9.17) is 9.47 Å². The van der Waals surface area contributed by atoms with Crippen molar-refractivity contribution in [2.24, 2.45) is 0 Å². The van der Waals surface area contributed by atoms with Crippen LogP contribution in [-0.4, -0.2) is 76.3 Å². The zero-order valence-electron chi connectivity index (χ0n) is 22.0. The highest BCUT2D eigenvalue weighted by Crippen LogP contribution is 2.34. The molecule has 2 atom stereocenters. The molecule has 0 aromatic heterocycles. The minimum Gasteiger partial charge on any atom is -0.454 e. The molecule has 2 aromatic carbocycles. The molecule has 2 aromatic rings. The molecule has 3 aliphatic heterocycles. The lowest BCUT2D eigenvalue weighted by molar-refractivity contribution is -0.190. The number of unbranched alkanes of at least 4 members (excludes halogenated alkanes) is 1. The number of hydrazine groups is 1. The van der Waals surface area contributed by atoms with Crippen LogP contribution in [0.15, 0.2) is 48.5 Å². The SMILES string of the molecule is CCCC[C@H]1C(=O)N(Cc2ccc3c(c2)OCO3)C[C@H]2N1C(=O)CN(CC)N2C(=O)NCc1ccccc1. The topological polar surface area (TPSA) is 94.7 Å². The summed E-state index contributed by atoms with van der Waals surface area (Å²) in [6.07, 6.45) is 1.67. The molecular formula is C28H35N5O5. The summed E-state index contributed by atoms with van der Waals surface area (Å²) in [6.45, 7) is 5.66. The van der Waals surface area contributed by atoms with Crippen molar-refractivity contribution in [1.29, 1.82) is 0 Å². The Morgan fingerprint density at radius 2 is 1.82 bits per heavy atom. The van der Waals surface area contributed by atoms with Gasteiger partial charge in [0.05, 0.1) is 13.1 Å². The summed E-state index contributed by atoms with van der Waals surface area (Å²) < 4.78 is 10.9. The Bertz CT molecular complexity index is 1180. The van der Waals surface area contributed by atoms with E-state index in [1.165, 1.54) is 0 Å². The van der Waals surface area contributed by atoms with Gasteiger partial charge in [0.2, 0.25) is 18.6 Å². The Morgan fingerprint density at radius 1 is 1.03 bits per heavy atom. The van der Waals surface area contributed by atoms with Crippen molar-refractivity contribution in [3.05, 3.63) is 59.7 Å². The van der Waals surface area contributed by atoms with Gasteiger partial charge in [-0.3, -0.25) is 9.59 Å². The molecule has 3 heterocycles. The van der Waals surface area contributed by atoms with Crippen molar-refractivity contribution < 1.29 is 23.9 Å². The predicted octanol–water partition coefficient (Wildman–Crippen LogP) is 2.93. The lowest BCUT2D eigenvalue weighted by Gasteiger charge is -2.55. The summed E-state index contributed by atoms with van der Waals surface area (Å²) >= 11 is 0. The molecule has 3 aliphatic rings. The molecular weight excluding hydrogens is 486 g/mol. The Labute approximate surface area is 223 Å². The maximum absolute atomic E-state index is 13.8. The van der Waals surface area contributed by atoms with Crippen LogP contribution in [0.5, 0.6) is 11.5 Å². The van der Waals surface area contributed by atoms with Crippen molar-refractivity contribution in [2.75, 3.05) is 26.4 Å². The monoisotopic (exact) mass is 521 g/mol. The number of hydrogen-bond acceptors (Lipinski definition) is 6. The molecule has 4 amide bonds. The number of ether oxygens (including phenoxy) is 2. The molecule has 202 valence electrons. The van der Waals surface area contributed by atoms with E-state index in [9.17, 15) is 14.4 Å². The van der Waals surface area contributed by atoms with E-state index < -0.39 is 12.2 Å². The molecule has 0 bridgehead atoms. The van der Waals surface area contributed by atoms with Crippen LogP contribution in [0.25, 0.3) is 0 Å². The summed E-state index contributed by atoms with van der Waals surface area (Å²) in [6, 6.07) is 14.5. The number of carbonyl (C=O) groups excluding carboxylic acids is 3. The smallest absolute Gasteiger partial charge is 0.334 e. The predicted molar refractivity (Wildman–Crippen MR) is 140 cm³/mol. The summed E-state index contributed by atoms with van der Waals surface area (Å²) in [7, 11) is 0. The van der Waals surface area contributed by atoms with Gasteiger partial charge in [0, 0.05) is 19.6 Å². The maximum Gasteiger partial charge on any atom is 0.334 e. The summed E-state index contributed by atoms with van der Waals surface area (Å²) in [5.74, 6) is 1.13. The van der Waals surface area contributed by atoms with Crippen LogP contribution in [0, 0.1) is 0 Å². The first-order chi connectivity index (χ1) is 18.5. The average molecular weight is 522 g/mol. The fourth-order valence-corrected chi connectivity index (χ4v) is 5.39. The van der Waals surface area contributed by atoms with Crippen molar-refractivity contribution in [2.45, 2.75) is 58.4 Å². The summed E-state index contributed by atoms with van der Waals surface area (Å²) in [5, 5.41) is 6.43. The highest BCUT2D eigenvalue weighted by atomic mass is 16.7. The minimum atomic E-state index is -0.612. The fraction of sp³-hybridized carbons (Fsp3) is 0.464. The molecule has 0 saturated carbocycles. The number of nitrogens with zero attached hydrogens (tertiary/aromatic N) is 4. The molecule has 0 aliphatic carbocycles. The summed E-state index contributed by atoms with van der Waals surface area (Å²) in [5.41, 5.74) is 1.89. The number of urea groups is 1. The molecule has 2 fully saturated rings. The number of rotatable bonds is 8. The van der Waals surface area contributed by atoms with E-state index in [0.717, 1.165) is 24.0 Å². The Balaban J connectivity index is 1.42. The van der Waals surface area contributed by atoms with Crippen LogP contribution in [0.2, 0.25) is 0 Å². The number of piperazine rings is 1. The van der Waals surface area contributed by atoms with Gasteiger partial charge in [-0.1, -0.05) is 63.1 Å². The lowest BCUT2D eigenvalue weighted by Crippen LogP contribution is -2.76. The second kappa shape index (κ2) is 11.3. The van der Waals surface area contributed by atoms with Crippen LogP contribution in [0.1, 0.15) is 44.2 Å². The number of amides is 4. The van der Waals surface area contributed by atoms with Crippen LogP contribution in [0.3, 0.4) is 0 Å². The van der Waals surface area contributed by atoms with Crippen LogP contribution >= 0.6 is 0 Å². The third-order valence-electron chi connectivity index (χ3n) is 7.33. The second-order valence-electron chi connectivity index (χ2n) is 9.82. The first-order valence-electron chi connectivity index (χ1n) is 13.3. The number of nitrogens with one attached hydrogen (secondary N) is 1. The molecule has 0 spiro atoms. The molecule has 10 nitrogen and oxygen atoms in total. The minimum absolute atomic E-state index is 0.0593. The average Bonchev–Trinajstić information content (AvgIpc) is 3.40. The van der Waals surface area contributed by atoms with Gasteiger partial charge in [-0.25, -0.2) is 14.8 Å². The van der Waals surface area contributed by atoms with Crippen molar-refractivity contribution >= 4 is 17.8 Å². The fourth-order valence-electron chi connectivity index (χ4n) is 5.39. The van der Waals surface area contributed by atoms with E-state index >= 15 is 0 Å². The molecule has 2 saturated heterocycles. The lowest BCUT2D eigenvalue weighted by atomic mass is 10.0. The number of benzene rings is 2. The van der Waals surface area contributed by atoms with Gasteiger partial charge in [-0.15, -0.1) is 0 Å². The van der Waals surface area contributed by atoms with Gasteiger partial charge >= 0.3 is 6.03 Å². The van der Waals surface area contributed by atoms with E-state index in [-0.39, 0.29) is 37.7 Å². The van der Waals surface area contributed by atoms with E-state index in [1.54, 1.807) is 19.8 Å². The van der Waals surface area contributed by atoms with Gasteiger partial charge in [0.25, 0.3) is 0 Å². The first-order valence-corrected chi connectivity index (χ1v) is 13.3. The molecule has 10 heteroatoms. The first kappa shape index (κ1) is 25.8. The Hall–Kier alpha value is -3.79. The molecule has 0 radical (unpaired) electrons. The highest BCUT2D eigenvalue weighted by Gasteiger charge is 2.50. The van der Waals surface area contributed by atoms with Gasteiger partial charge in [-0.05, 0) is 29.7 Å². The van der Waals surface area contributed by atoms with Gasteiger partial charge in [-0.2, -0.15) is 0 Å². The number of carbonyl (C=O) groups is 3. The van der Waals surface area contributed by atoms with Crippen LogP contribution in [-0.2, 0) is 22.7 Å². The van der Waals surface area contributed by atoms with Crippen molar-refractivity contribution in [3.63, 3.8) is 0 Å². The molecule has 5 rings (SSSR count). The van der Waals surface area contributed by atoms with Crippen LogP contribution < -0.4 is 14.8 Å². The number of hydrogen-bond donors (Lipinski definition) is 1. The second-order valence-corrected chi connectivity index (χ2v) is 9.82. The Morgan fingerprint density at radius 3 is 2.58 bits per heavy atom. The number of likely N-dealkylation sites (N-methyl/N-ethyl adjacent to an activating group) is 1. The van der Waals surface area contributed by atoms with Gasteiger partial charge in [0.15, 0.2) is 11.5 Å². The van der Waals surface area contributed by atoms with Crippen molar-refractivity contribution in [3.8, 4) is 11.5 Å². The highest BCUT2D eigenvalue weighted by molar-refractivity contribution is 5.91. The molecule has 1 N–H and O–H groups in total. The summed E-state index contributed by atoms with van der Waals surface area (Å²) in [4.78, 5) is 44.2. The molecule has 0 unspecified atom stereocenters. The quantitative estimate of drug-likeness (QED) is 0.574. The van der Waals surface area contributed by atoms with E-state index in [0.29, 0.717) is 37.6 Å². The third-order valence-corrected chi connectivity index (χ3v) is 7.33. The maximum atomic E-state index is 13.8. The zero-order valence-corrected chi connectivity index (χ0v) is 22.0. The standard InChI is InChI=1S/C28H35N5O5/c1-3-5-11-22-27(35)30(16-21-12-13-23-24(14-21)38-19-37-23)17-25-32(22)26(34)18-31(4-2)33(25)28(36)29-15-20-9-7-6-8-10-20/h6-10,12-14,22,25H,3-5,11,15-19H2,1-2H3,(H,29,36)/t22-,25-/m0/s1. The van der Waals surface area contributed by atoms with Crippen molar-refractivity contribution in [1.82, 2.24) is 25.1 Å². The third kappa shape index (κ3) is 5.13. The van der Waals surface area contributed by atoms with E-state index in [2.05, 4.69) is 12.2 Å². The zero-order chi connectivity index (χ0) is 26.6.